The molecule has 0 bridgehead atoms. The van der Waals surface area contributed by atoms with E-state index in [2.05, 4.69) is 34.7 Å². The molecule has 0 aromatic carbocycles. The third kappa shape index (κ3) is 5.24. The first kappa shape index (κ1) is 21.1. The van der Waals surface area contributed by atoms with Gasteiger partial charge in [-0.2, -0.15) is 0 Å². The lowest BCUT2D eigenvalue weighted by Gasteiger charge is -2.08. The van der Waals surface area contributed by atoms with Crippen LogP contribution in [0.2, 0.25) is 0 Å². The number of hydrogen-bond donors (Lipinski definition) is 1. The zero-order valence-electron chi connectivity index (χ0n) is 16.2. The highest BCUT2D eigenvalue weighted by atomic mass is 32.2. The molecular formula is C18H21N5O4S2. The van der Waals surface area contributed by atoms with Gasteiger partial charge in [0.2, 0.25) is 11.1 Å². The minimum absolute atomic E-state index is 0.106. The largest absolute Gasteiger partial charge is 0.464 e. The third-order valence-corrected chi connectivity index (χ3v) is 5.53. The Morgan fingerprint density at radius 3 is 2.93 bits per heavy atom. The molecule has 11 heteroatoms. The van der Waals surface area contributed by atoms with Gasteiger partial charge in [0.25, 0.3) is 0 Å². The number of amides is 1. The summed E-state index contributed by atoms with van der Waals surface area (Å²) >= 11 is 2.48. The molecule has 0 spiro atoms. The molecule has 0 saturated heterocycles. The van der Waals surface area contributed by atoms with Crippen molar-refractivity contribution in [2.75, 3.05) is 17.7 Å². The molecular weight excluding hydrogens is 414 g/mol. The molecule has 3 aromatic heterocycles. The predicted molar refractivity (Wildman–Crippen MR) is 110 cm³/mol. The summed E-state index contributed by atoms with van der Waals surface area (Å²) in [5, 5.41) is 17.1. The number of carbonyl (C=O) groups is 2. The van der Waals surface area contributed by atoms with Gasteiger partial charge >= 0.3 is 5.97 Å². The van der Waals surface area contributed by atoms with Gasteiger partial charge in [0.05, 0.1) is 18.6 Å². The van der Waals surface area contributed by atoms with Crippen molar-refractivity contribution in [3.63, 3.8) is 0 Å². The Hall–Kier alpha value is -2.66. The topological polar surface area (TPSA) is 112 Å². The molecule has 0 fully saturated rings. The number of carbonyl (C=O) groups excluding carboxylic acids is 2. The van der Waals surface area contributed by atoms with Crippen LogP contribution in [0.4, 0.5) is 5.00 Å². The van der Waals surface area contributed by atoms with E-state index < -0.39 is 5.97 Å². The average Bonchev–Trinajstić information content (AvgIpc) is 3.40. The van der Waals surface area contributed by atoms with Gasteiger partial charge < -0.3 is 14.5 Å². The molecule has 0 unspecified atom stereocenters. The molecule has 3 rings (SSSR count). The van der Waals surface area contributed by atoms with E-state index in [1.807, 2.05) is 0 Å². The minimum Gasteiger partial charge on any atom is -0.464 e. The Labute approximate surface area is 175 Å². The number of rotatable bonds is 9. The molecule has 0 atom stereocenters. The molecule has 29 heavy (non-hydrogen) atoms. The molecule has 9 nitrogen and oxygen atoms in total. The lowest BCUT2D eigenvalue weighted by molar-refractivity contribution is -0.113. The fraction of sp³-hybridized carbons (Fsp3) is 0.389. The van der Waals surface area contributed by atoms with Crippen LogP contribution in [0.1, 0.15) is 31.1 Å². The van der Waals surface area contributed by atoms with Crippen molar-refractivity contribution in [2.24, 2.45) is 5.92 Å². The molecule has 1 amide bonds. The van der Waals surface area contributed by atoms with Gasteiger partial charge in [-0.05, 0) is 35.4 Å². The number of thiophene rings is 1. The number of anilines is 1. The molecule has 0 radical (unpaired) electrons. The Morgan fingerprint density at radius 2 is 2.24 bits per heavy atom. The summed E-state index contributed by atoms with van der Waals surface area (Å²) in [4.78, 5) is 25.0. The van der Waals surface area contributed by atoms with Crippen LogP contribution in [-0.2, 0) is 16.1 Å². The summed E-state index contributed by atoms with van der Waals surface area (Å²) in [6.45, 7) is 6.75. The van der Waals surface area contributed by atoms with Crippen molar-refractivity contribution < 1.29 is 18.7 Å². The van der Waals surface area contributed by atoms with Crippen LogP contribution < -0.4 is 5.32 Å². The van der Waals surface area contributed by atoms with E-state index >= 15 is 0 Å². The van der Waals surface area contributed by atoms with E-state index in [9.17, 15) is 9.59 Å². The van der Waals surface area contributed by atoms with Crippen molar-refractivity contribution in [1.29, 1.82) is 0 Å². The quantitative estimate of drug-likeness (QED) is 0.401. The molecule has 1 N–H and O–H groups in total. The van der Waals surface area contributed by atoms with Crippen molar-refractivity contribution in [1.82, 2.24) is 20.2 Å². The Balaban J connectivity index is 1.72. The number of thioether (sulfide) groups is 1. The summed E-state index contributed by atoms with van der Waals surface area (Å²) in [6.07, 6.45) is 1.53. The summed E-state index contributed by atoms with van der Waals surface area (Å²) in [7, 11) is 0. The first-order valence-corrected chi connectivity index (χ1v) is 10.9. The fourth-order valence-corrected chi connectivity index (χ4v) is 4.16. The number of nitrogens with one attached hydrogen (secondary N) is 1. The van der Waals surface area contributed by atoms with E-state index in [1.165, 1.54) is 29.4 Å². The molecule has 0 aliphatic heterocycles. The summed E-state index contributed by atoms with van der Waals surface area (Å²) in [6, 6.07) is 3.49. The zero-order chi connectivity index (χ0) is 20.8. The van der Waals surface area contributed by atoms with Crippen LogP contribution in [0.3, 0.4) is 0 Å². The second-order valence-corrected chi connectivity index (χ2v) is 8.25. The number of esters is 1. The summed E-state index contributed by atoms with van der Waals surface area (Å²) < 4.78 is 12.2. The van der Waals surface area contributed by atoms with Crippen LogP contribution in [0.25, 0.3) is 11.3 Å². The van der Waals surface area contributed by atoms with Crippen molar-refractivity contribution in [2.45, 2.75) is 32.5 Å². The molecule has 0 saturated carbocycles. The normalized spacial score (nSPS) is 11.0. The Bertz CT molecular complexity index is 965. The molecule has 154 valence electrons. The SMILES string of the molecule is CCOC(=O)c1c(-c2ccco2)csc1NC(=O)CSc1nnnn1CC(C)C. The van der Waals surface area contributed by atoms with E-state index in [-0.39, 0.29) is 23.8 Å². The lowest BCUT2D eigenvalue weighted by atomic mass is 10.1. The van der Waals surface area contributed by atoms with Crippen LogP contribution in [0.5, 0.6) is 0 Å². The maximum atomic E-state index is 12.5. The molecule has 3 heterocycles. The van der Waals surface area contributed by atoms with E-state index in [4.69, 9.17) is 9.15 Å². The van der Waals surface area contributed by atoms with Crippen molar-refractivity contribution >= 4 is 40.0 Å². The number of nitrogens with zero attached hydrogens (tertiary/aromatic N) is 4. The highest BCUT2D eigenvalue weighted by molar-refractivity contribution is 7.99. The third-order valence-electron chi connectivity index (χ3n) is 3.68. The Morgan fingerprint density at radius 1 is 1.41 bits per heavy atom. The standard InChI is InChI=1S/C18H21N5O4S2/c1-4-26-17(25)15-12(13-6-5-7-27-13)9-28-16(15)19-14(24)10-29-18-20-21-22-23(18)8-11(2)3/h5-7,9,11H,4,8,10H2,1-3H3,(H,19,24). The predicted octanol–water partition coefficient (Wildman–Crippen LogP) is 3.56. The maximum absolute atomic E-state index is 12.5. The minimum atomic E-state index is -0.510. The van der Waals surface area contributed by atoms with Gasteiger partial charge in [-0.15, -0.1) is 16.4 Å². The van der Waals surface area contributed by atoms with E-state index in [0.29, 0.717) is 33.9 Å². The number of furan rings is 1. The van der Waals surface area contributed by atoms with Crippen molar-refractivity contribution in [3.8, 4) is 11.3 Å². The maximum Gasteiger partial charge on any atom is 0.341 e. The van der Waals surface area contributed by atoms with E-state index in [0.717, 1.165) is 0 Å². The summed E-state index contributed by atoms with van der Waals surface area (Å²) in [5.74, 6) is 0.239. The van der Waals surface area contributed by atoms with Crippen LogP contribution >= 0.6 is 23.1 Å². The van der Waals surface area contributed by atoms with Gasteiger partial charge in [0, 0.05) is 17.5 Å². The average molecular weight is 436 g/mol. The monoisotopic (exact) mass is 435 g/mol. The lowest BCUT2D eigenvalue weighted by Crippen LogP contribution is -2.17. The second-order valence-electron chi connectivity index (χ2n) is 6.43. The number of tetrazole rings is 1. The van der Waals surface area contributed by atoms with Gasteiger partial charge in [-0.3, -0.25) is 4.79 Å². The number of hydrogen-bond acceptors (Lipinski definition) is 9. The highest BCUT2D eigenvalue weighted by Gasteiger charge is 2.24. The van der Waals surface area contributed by atoms with Crippen LogP contribution in [-0.4, -0.2) is 44.4 Å². The zero-order valence-corrected chi connectivity index (χ0v) is 17.9. The summed E-state index contributed by atoms with van der Waals surface area (Å²) in [5.41, 5.74) is 0.872. The van der Waals surface area contributed by atoms with Gasteiger partial charge in [0.1, 0.15) is 16.3 Å². The van der Waals surface area contributed by atoms with Crippen LogP contribution in [0.15, 0.2) is 33.3 Å². The van der Waals surface area contributed by atoms with Gasteiger partial charge in [-0.1, -0.05) is 25.6 Å². The highest BCUT2D eigenvalue weighted by Crippen LogP contribution is 2.36. The first-order valence-electron chi connectivity index (χ1n) is 9.00. The van der Waals surface area contributed by atoms with E-state index in [1.54, 1.807) is 29.1 Å². The van der Waals surface area contributed by atoms with Crippen molar-refractivity contribution in [3.05, 3.63) is 29.3 Å². The van der Waals surface area contributed by atoms with Gasteiger partial charge in [0.15, 0.2) is 0 Å². The fourth-order valence-electron chi connectivity index (χ4n) is 2.52. The van der Waals surface area contributed by atoms with Gasteiger partial charge in [-0.25, -0.2) is 9.48 Å². The first-order chi connectivity index (χ1) is 14.0. The number of ether oxygens (including phenoxy) is 1. The molecule has 0 aliphatic carbocycles. The molecule has 0 aliphatic rings. The molecule has 3 aromatic rings. The smallest absolute Gasteiger partial charge is 0.341 e. The number of aromatic nitrogens is 4. The van der Waals surface area contributed by atoms with Crippen LogP contribution in [0, 0.1) is 5.92 Å². The second kappa shape index (κ2) is 9.70. The Kier molecular flexibility index (Phi) is 7.04.